The van der Waals surface area contributed by atoms with Crippen LogP contribution in [-0.4, -0.2) is 9.78 Å². The summed E-state index contributed by atoms with van der Waals surface area (Å²) in [6.07, 6.45) is 2.95. The van der Waals surface area contributed by atoms with Gasteiger partial charge in [-0.15, -0.1) is 0 Å². The van der Waals surface area contributed by atoms with E-state index in [4.69, 9.17) is 5.73 Å². The van der Waals surface area contributed by atoms with Crippen molar-refractivity contribution in [1.82, 2.24) is 9.78 Å². The van der Waals surface area contributed by atoms with Crippen molar-refractivity contribution in [3.05, 3.63) is 47.7 Å². The van der Waals surface area contributed by atoms with E-state index in [1.165, 1.54) is 11.1 Å². The van der Waals surface area contributed by atoms with Gasteiger partial charge in [-0.25, -0.2) is 0 Å². The molecule has 1 aromatic carbocycles. The maximum atomic E-state index is 5.57. The summed E-state index contributed by atoms with van der Waals surface area (Å²) < 4.78 is 1.86. The zero-order valence-corrected chi connectivity index (χ0v) is 8.85. The normalized spacial score (nSPS) is 10.5. The molecule has 1 aromatic heterocycles. The van der Waals surface area contributed by atoms with E-state index in [-0.39, 0.29) is 0 Å². The first-order valence-corrected chi connectivity index (χ1v) is 5.15. The summed E-state index contributed by atoms with van der Waals surface area (Å²) in [5.74, 6) is 0.573. The quantitative estimate of drug-likeness (QED) is 0.826. The van der Waals surface area contributed by atoms with Gasteiger partial charge in [-0.2, -0.15) is 5.10 Å². The number of anilines is 1. The molecule has 2 N–H and O–H groups in total. The topological polar surface area (TPSA) is 43.8 Å². The fourth-order valence-corrected chi connectivity index (χ4v) is 1.70. The predicted octanol–water partition coefficient (Wildman–Crippen LogP) is 2.08. The van der Waals surface area contributed by atoms with Crippen LogP contribution in [0.5, 0.6) is 0 Å². The second-order valence-corrected chi connectivity index (χ2v) is 3.56. The van der Waals surface area contributed by atoms with E-state index in [1.807, 2.05) is 16.9 Å². The monoisotopic (exact) mass is 201 g/mol. The molecule has 3 heteroatoms. The Morgan fingerprint density at radius 2 is 1.93 bits per heavy atom. The number of nitrogens with zero attached hydrogens (tertiary/aromatic N) is 2. The van der Waals surface area contributed by atoms with Gasteiger partial charge in [-0.1, -0.05) is 31.2 Å². The van der Waals surface area contributed by atoms with Crippen molar-refractivity contribution in [3.63, 3.8) is 0 Å². The van der Waals surface area contributed by atoms with Crippen LogP contribution in [0.1, 0.15) is 18.1 Å². The lowest BCUT2D eigenvalue weighted by Crippen LogP contribution is -2.03. The Hall–Kier alpha value is -1.77. The Balaban J connectivity index is 2.23. The molecule has 0 aliphatic heterocycles. The Morgan fingerprint density at radius 3 is 2.53 bits per heavy atom. The Kier molecular flexibility index (Phi) is 2.72. The molecule has 15 heavy (non-hydrogen) atoms. The molecule has 3 nitrogen and oxygen atoms in total. The second kappa shape index (κ2) is 4.17. The standard InChI is InChI=1S/C12H15N3/c1-2-10-5-3-4-6-11(10)9-15-8-7-12(13)14-15/h3-8H,2,9H2,1H3,(H2,13,14). The molecule has 0 aliphatic rings. The summed E-state index contributed by atoms with van der Waals surface area (Å²) in [4.78, 5) is 0. The minimum atomic E-state index is 0.573. The molecule has 0 bridgehead atoms. The SMILES string of the molecule is CCc1ccccc1Cn1ccc(N)n1. The number of hydrogen-bond acceptors (Lipinski definition) is 2. The lowest BCUT2D eigenvalue weighted by Gasteiger charge is -2.07. The van der Waals surface area contributed by atoms with Gasteiger partial charge in [0.25, 0.3) is 0 Å². The van der Waals surface area contributed by atoms with Gasteiger partial charge in [-0.05, 0) is 23.6 Å². The Bertz CT molecular complexity index is 446. The van der Waals surface area contributed by atoms with Crippen molar-refractivity contribution in [1.29, 1.82) is 0 Å². The van der Waals surface area contributed by atoms with E-state index in [0.717, 1.165) is 13.0 Å². The van der Waals surface area contributed by atoms with Crippen LogP contribution >= 0.6 is 0 Å². The summed E-state index contributed by atoms with van der Waals surface area (Å²) in [5.41, 5.74) is 8.25. The lowest BCUT2D eigenvalue weighted by atomic mass is 10.1. The molecule has 0 saturated heterocycles. The highest BCUT2D eigenvalue weighted by molar-refractivity contribution is 5.28. The fraction of sp³-hybridized carbons (Fsp3) is 0.250. The van der Waals surface area contributed by atoms with Crippen molar-refractivity contribution < 1.29 is 0 Å². The first-order chi connectivity index (χ1) is 7.29. The minimum Gasteiger partial charge on any atom is -0.382 e. The lowest BCUT2D eigenvalue weighted by molar-refractivity contribution is 0.685. The number of aryl methyl sites for hydroxylation is 1. The van der Waals surface area contributed by atoms with E-state index in [9.17, 15) is 0 Å². The molecule has 0 spiro atoms. The van der Waals surface area contributed by atoms with Gasteiger partial charge in [0.05, 0.1) is 6.54 Å². The molecule has 0 radical (unpaired) electrons. The number of nitrogens with two attached hydrogens (primary N) is 1. The van der Waals surface area contributed by atoms with E-state index >= 15 is 0 Å². The van der Waals surface area contributed by atoms with Crippen LogP contribution in [0.3, 0.4) is 0 Å². The van der Waals surface area contributed by atoms with Crippen LogP contribution in [0.25, 0.3) is 0 Å². The molecule has 0 atom stereocenters. The van der Waals surface area contributed by atoms with E-state index in [2.05, 4.69) is 36.3 Å². The minimum absolute atomic E-state index is 0.573. The van der Waals surface area contributed by atoms with Gasteiger partial charge in [0.2, 0.25) is 0 Å². The molecule has 2 rings (SSSR count). The van der Waals surface area contributed by atoms with Gasteiger partial charge in [0, 0.05) is 6.20 Å². The molecule has 2 aromatic rings. The van der Waals surface area contributed by atoms with Crippen molar-refractivity contribution in [2.45, 2.75) is 19.9 Å². The summed E-state index contributed by atoms with van der Waals surface area (Å²) in [6.45, 7) is 2.96. The summed E-state index contributed by atoms with van der Waals surface area (Å²) >= 11 is 0. The maximum Gasteiger partial charge on any atom is 0.145 e. The first kappa shape index (κ1) is 9.77. The second-order valence-electron chi connectivity index (χ2n) is 3.56. The highest BCUT2D eigenvalue weighted by Gasteiger charge is 2.01. The Morgan fingerprint density at radius 1 is 1.20 bits per heavy atom. The average Bonchev–Trinajstić information content (AvgIpc) is 2.65. The van der Waals surface area contributed by atoms with Crippen LogP contribution in [0.15, 0.2) is 36.5 Å². The van der Waals surface area contributed by atoms with Crippen molar-refractivity contribution >= 4 is 5.82 Å². The highest BCUT2D eigenvalue weighted by atomic mass is 15.3. The molecule has 78 valence electrons. The molecule has 0 aliphatic carbocycles. The average molecular weight is 201 g/mol. The first-order valence-electron chi connectivity index (χ1n) is 5.15. The number of hydrogen-bond donors (Lipinski definition) is 1. The van der Waals surface area contributed by atoms with Crippen molar-refractivity contribution in [2.24, 2.45) is 0 Å². The molecule has 0 saturated carbocycles. The Labute approximate surface area is 89.5 Å². The van der Waals surface area contributed by atoms with Crippen molar-refractivity contribution in [2.75, 3.05) is 5.73 Å². The fourth-order valence-electron chi connectivity index (χ4n) is 1.70. The van der Waals surface area contributed by atoms with Gasteiger partial charge < -0.3 is 5.73 Å². The maximum absolute atomic E-state index is 5.57. The van der Waals surface area contributed by atoms with Crippen LogP contribution in [0.2, 0.25) is 0 Å². The summed E-state index contributed by atoms with van der Waals surface area (Å²) in [6, 6.07) is 10.2. The summed E-state index contributed by atoms with van der Waals surface area (Å²) in [5, 5.41) is 4.18. The van der Waals surface area contributed by atoms with Crippen LogP contribution in [0, 0.1) is 0 Å². The number of aromatic nitrogens is 2. The molecule has 0 amide bonds. The highest BCUT2D eigenvalue weighted by Crippen LogP contribution is 2.11. The van der Waals surface area contributed by atoms with E-state index < -0.39 is 0 Å². The van der Waals surface area contributed by atoms with Crippen LogP contribution < -0.4 is 5.73 Å². The predicted molar refractivity (Wildman–Crippen MR) is 61.6 cm³/mol. The van der Waals surface area contributed by atoms with Gasteiger partial charge in [-0.3, -0.25) is 4.68 Å². The van der Waals surface area contributed by atoms with Gasteiger partial charge in [0.1, 0.15) is 5.82 Å². The molecule has 1 heterocycles. The van der Waals surface area contributed by atoms with Crippen LogP contribution in [-0.2, 0) is 13.0 Å². The zero-order chi connectivity index (χ0) is 10.7. The third kappa shape index (κ3) is 2.18. The largest absolute Gasteiger partial charge is 0.382 e. The smallest absolute Gasteiger partial charge is 0.145 e. The van der Waals surface area contributed by atoms with E-state index in [0.29, 0.717) is 5.82 Å². The van der Waals surface area contributed by atoms with Gasteiger partial charge >= 0.3 is 0 Å². The van der Waals surface area contributed by atoms with Gasteiger partial charge in [0.15, 0.2) is 0 Å². The molecule has 0 unspecified atom stereocenters. The summed E-state index contributed by atoms with van der Waals surface area (Å²) in [7, 11) is 0. The van der Waals surface area contributed by atoms with Crippen molar-refractivity contribution in [3.8, 4) is 0 Å². The molecular weight excluding hydrogens is 186 g/mol. The third-order valence-corrected chi connectivity index (χ3v) is 2.49. The number of benzene rings is 1. The molecule has 0 fully saturated rings. The number of nitrogen functional groups attached to an aromatic ring is 1. The third-order valence-electron chi connectivity index (χ3n) is 2.49. The molecular formula is C12H15N3. The zero-order valence-electron chi connectivity index (χ0n) is 8.85. The number of rotatable bonds is 3. The van der Waals surface area contributed by atoms with E-state index in [1.54, 1.807) is 0 Å². The van der Waals surface area contributed by atoms with Crippen LogP contribution in [0.4, 0.5) is 5.82 Å².